The van der Waals surface area contributed by atoms with Gasteiger partial charge in [0.2, 0.25) is 0 Å². The standard InChI is InChI=1S/C22H23N5O2/c1-16(2)24-21(28)22(29)25-23-13-19-15-27(14-17-9-5-3-6-10-17)26-20(19)18-11-7-4-8-12-18/h3-13,15-16H,14H2,1-2H3,(H,24,28)(H,25,29)/b23-13-. The summed E-state index contributed by atoms with van der Waals surface area (Å²) in [4.78, 5) is 23.5. The van der Waals surface area contributed by atoms with Crippen LogP contribution >= 0.6 is 0 Å². The van der Waals surface area contributed by atoms with Gasteiger partial charge in [-0.1, -0.05) is 60.7 Å². The van der Waals surface area contributed by atoms with Crippen LogP contribution in [0.1, 0.15) is 25.0 Å². The monoisotopic (exact) mass is 389 g/mol. The number of nitrogens with zero attached hydrogens (tertiary/aromatic N) is 3. The lowest BCUT2D eigenvalue weighted by Gasteiger charge is -2.05. The maximum absolute atomic E-state index is 11.8. The number of nitrogens with one attached hydrogen (secondary N) is 2. The number of carbonyl (C=O) groups excluding carboxylic acids is 2. The number of amides is 2. The SMILES string of the molecule is CC(C)NC(=O)C(=O)N/N=C\c1cn(Cc2ccccc2)nc1-c1ccccc1. The highest BCUT2D eigenvalue weighted by molar-refractivity contribution is 6.35. The lowest BCUT2D eigenvalue weighted by Crippen LogP contribution is -2.41. The van der Waals surface area contributed by atoms with Crippen molar-refractivity contribution in [2.45, 2.75) is 26.4 Å². The summed E-state index contributed by atoms with van der Waals surface area (Å²) >= 11 is 0. The zero-order chi connectivity index (χ0) is 20.6. The van der Waals surface area contributed by atoms with Gasteiger partial charge < -0.3 is 5.32 Å². The maximum Gasteiger partial charge on any atom is 0.329 e. The Labute approximate surface area is 169 Å². The molecule has 1 aromatic heterocycles. The first-order valence-electron chi connectivity index (χ1n) is 9.33. The highest BCUT2D eigenvalue weighted by Gasteiger charge is 2.14. The molecule has 0 saturated heterocycles. The third-order valence-electron chi connectivity index (χ3n) is 4.02. The van der Waals surface area contributed by atoms with Gasteiger partial charge in [0.1, 0.15) is 5.69 Å². The minimum atomic E-state index is -0.812. The fraction of sp³-hybridized carbons (Fsp3) is 0.182. The molecule has 2 N–H and O–H groups in total. The van der Waals surface area contributed by atoms with Gasteiger partial charge >= 0.3 is 11.8 Å². The lowest BCUT2D eigenvalue weighted by atomic mass is 10.1. The average molecular weight is 389 g/mol. The van der Waals surface area contributed by atoms with Crippen LogP contribution in [0.2, 0.25) is 0 Å². The van der Waals surface area contributed by atoms with Gasteiger partial charge in [-0.3, -0.25) is 14.3 Å². The summed E-state index contributed by atoms with van der Waals surface area (Å²) in [7, 11) is 0. The second-order valence-electron chi connectivity index (χ2n) is 6.81. The molecule has 0 bridgehead atoms. The summed E-state index contributed by atoms with van der Waals surface area (Å²) < 4.78 is 1.83. The average Bonchev–Trinajstić information content (AvgIpc) is 3.11. The van der Waals surface area contributed by atoms with Crippen LogP contribution in [0.15, 0.2) is 72.0 Å². The molecular formula is C22H23N5O2. The van der Waals surface area contributed by atoms with Crippen molar-refractivity contribution in [1.29, 1.82) is 0 Å². The Kier molecular flexibility index (Phi) is 6.52. The molecule has 0 radical (unpaired) electrons. The Bertz CT molecular complexity index is 995. The van der Waals surface area contributed by atoms with Gasteiger partial charge in [0.15, 0.2) is 0 Å². The van der Waals surface area contributed by atoms with Crippen molar-refractivity contribution in [2.75, 3.05) is 0 Å². The summed E-state index contributed by atoms with van der Waals surface area (Å²) in [5, 5.41) is 11.1. The molecule has 1 heterocycles. The van der Waals surface area contributed by atoms with Gasteiger partial charge in [0.05, 0.1) is 12.8 Å². The van der Waals surface area contributed by atoms with E-state index in [4.69, 9.17) is 0 Å². The molecule has 0 saturated carbocycles. The third kappa shape index (κ3) is 5.62. The number of hydrogen-bond donors (Lipinski definition) is 2. The zero-order valence-electron chi connectivity index (χ0n) is 16.4. The molecule has 0 unspecified atom stereocenters. The zero-order valence-corrected chi connectivity index (χ0v) is 16.4. The minimum Gasteiger partial charge on any atom is -0.346 e. The molecule has 2 aromatic carbocycles. The number of hydrazone groups is 1. The molecule has 7 heteroatoms. The van der Waals surface area contributed by atoms with Gasteiger partial charge in [-0.05, 0) is 19.4 Å². The number of rotatable bonds is 6. The Balaban J connectivity index is 1.80. The summed E-state index contributed by atoms with van der Waals surface area (Å²) in [5.74, 6) is -1.53. The second kappa shape index (κ2) is 9.45. The van der Waals surface area contributed by atoms with Crippen LogP contribution in [0.5, 0.6) is 0 Å². The van der Waals surface area contributed by atoms with E-state index < -0.39 is 11.8 Å². The highest BCUT2D eigenvalue weighted by Crippen LogP contribution is 2.21. The molecule has 0 aliphatic rings. The quantitative estimate of drug-likeness (QED) is 0.386. The fourth-order valence-corrected chi connectivity index (χ4v) is 2.74. The summed E-state index contributed by atoms with van der Waals surface area (Å²) in [5.41, 5.74) is 5.79. The van der Waals surface area contributed by atoms with Gasteiger partial charge in [-0.25, -0.2) is 5.43 Å². The Hall–Kier alpha value is -3.74. The van der Waals surface area contributed by atoms with Crippen molar-refractivity contribution in [2.24, 2.45) is 5.10 Å². The summed E-state index contributed by atoms with van der Waals surface area (Å²) in [6.45, 7) is 4.17. The molecule has 0 aliphatic heterocycles. The molecule has 148 valence electrons. The van der Waals surface area contributed by atoms with Crippen LogP contribution in [0.25, 0.3) is 11.3 Å². The molecule has 3 aromatic rings. The fourth-order valence-electron chi connectivity index (χ4n) is 2.74. The van der Waals surface area contributed by atoms with E-state index in [1.54, 1.807) is 13.8 Å². The normalized spacial score (nSPS) is 11.0. The van der Waals surface area contributed by atoms with E-state index in [9.17, 15) is 9.59 Å². The lowest BCUT2D eigenvalue weighted by molar-refractivity contribution is -0.139. The first-order chi connectivity index (χ1) is 14.0. The number of carbonyl (C=O) groups is 2. The molecule has 3 rings (SSSR count). The van der Waals surface area contributed by atoms with Gasteiger partial charge in [-0.2, -0.15) is 10.2 Å². The summed E-state index contributed by atoms with van der Waals surface area (Å²) in [6, 6.07) is 19.6. The summed E-state index contributed by atoms with van der Waals surface area (Å²) in [6.07, 6.45) is 3.36. The number of aromatic nitrogens is 2. The molecular weight excluding hydrogens is 366 g/mol. The Morgan fingerprint density at radius 3 is 2.34 bits per heavy atom. The van der Waals surface area contributed by atoms with Crippen LogP contribution in [0.4, 0.5) is 0 Å². The highest BCUT2D eigenvalue weighted by atomic mass is 16.2. The van der Waals surface area contributed by atoms with E-state index in [2.05, 4.69) is 20.9 Å². The molecule has 0 fully saturated rings. The number of hydrogen-bond acceptors (Lipinski definition) is 4. The largest absolute Gasteiger partial charge is 0.346 e. The molecule has 0 spiro atoms. The van der Waals surface area contributed by atoms with Crippen LogP contribution in [0, 0.1) is 0 Å². The topological polar surface area (TPSA) is 88.4 Å². The van der Waals surface area contributed by atoms with Crippen LogP contribution in [-0.4, -0.2) is 33.9 Å². The van der Waals surface area contributed by atoms with E-state index in [-0.39, 0.29) is 6.04 Å². The van der Waals surface area contributed by atoms with Crippen LogP contribution in [0.3, 0.4) is 0 Å². The van der Waals surface area contributed by atoms with Gasteiger partial charge in [0, 0.05) is 23.4 Å². The predicted molar refractivity (Wildman–Crippen MR) is 112 cm³/mol. The van der Waals surface area contributed by atoms with Gasteiger partial charge in [0.25, 0.3) is 0 Å². The van der Waals surface area contributed by atoms with E-state index in [1.165, 1.54) is 6.21 Å². The molecule has 7 nitrogen and oxygen atoms in total. The van der Waals surface area contributed by atoms with E-state index in [0.717, 1.165) is 22.4 Å². The predicted octanol–water partition coefficient (Wildman–Crippen LogP) is 2.57. The first kappa shape index (κ1) is 20.0. The van der Waals surface area contributed by atoms with E-state index in [1.807, 2.05) is 71.5 Å². The minimum absolute atomic E-state index is 0.127. The second-order valence-corrected chi connectivity index (χ2v) is 6.81. The Morgan fingerprint density at radius 2 is 1.69 bits per heavy atom. The van der Waals surface area contributed by atoms with Crippen molar-refractivity contribution >= 4 is 18.0 Å². The van der Waals surface area contributed by atoms with Crippen molar-refractivity contribution in [3.8, 4) is 11.3 Å². The van der Waals surface area contributed by atoms with E-state index >= 15 is 0 Å². The maximum atomic E-state index is 11.8. The molecule has 0 atom stereocenters. The van der Waals surface area contributed by atoms with Crippen molar-refractivity contribution in [3.05, 3.63) is 78.0 Å². The molecule has 29 heavy (non-hydrogen) atoms. The van der Waals surface area contributed by atoms with Crippen molar-refractivity contribution in [3.63, 3.8) is 0 Å². The van der Waals surface area contributed by atoms with Crippen LogP contribution < -0.4 is 10.7 Å². The first-order valence-corrected chi connectivity index (χ1v) is 9.33. The van der Waals surface area contributed by atoms with E-state index in [0.29, 0.717) is 6.54 Å². The van der Waals surface area contributed by atoms with Crippen LogP contribution in [-0.2, 0) is 16.1 Å². The number of benzene rings is 2. The molecule has 0 aliphatic carbocycles. The van der Waals surface area contributed by atoms with Gasteiger partial charge in [-0.15, -0.1) is 0 Å². The molecule has 2 amide bonds. The smallest absolute Gasteiger partial charge is 0.329 e. The Morgan fingerprint density at radius 1 is 1.03 bits per heavy atom. The third-order valence-corrected chi connectivity index (χ3v) is 4.02. The van der Waals surface area contributed by atoms with Crippen molar-refractivity contribution in [1.82, 2.24) is 20.5 Å². The van der Waals surface area contributed by atoms with Crippen molar-refractivity contribution < 1.29 is 9.59 Å².